The molecule has 0 saturated heterocycles. The fourth-order valence-electron chi connectivity index (χ4n) is 2.68. The second-order valence-corrected chi connectivity index (χ2v) is 5.20. The van der Waals surface area contributed by atoms with E-state index in [-0.39, 0.29) is 23.0 Å². The highest BCUT2D eigenvalue weighted by Gasteiger charge is 2.23. The highest BCUT2D eigenvalue weighted by molar-refractivity contribution is 5.95. The molecule has 108 valence electrons. The number of carbonyl (C=O) groups is 1. The fourth-order valence-corrected chi connectivity index (χ4v) is 2.68. The Kier molecular flexibility index (Phi) is 3.17. The summed E-state index contributed by atoms with van der Waals surface area (Å²) in [6.45, 7) is 1.03. The molecule has 21 heavy (non-hydrogen) atoms. The summed E-state index contributed by atoms with van der Waals surface area (Å²) in [6.07, 6.45) is 0.747. The number of hydrogen-bond donors (Lipinski definition) is 3. The van der Waals surface area contributed by atoms with Gasteiger partial charge in [-0.25, -0.2) is 0 Å². The van der Waals surface area contributed by atoms with E-state index < -0.39 is 0 Å². The number of nitrogen functional groups attached to an aromatic ring is 1. The minimum absolute atomic E-state index is 0.129. The zero-order chi connectivity index (χ0) is 15.0. The summed E-state index contributed by atoms with van der Waals surface area (Å²) in [4.78, 5) is 14.2. The van der Waals surface area contributed by atoms with Crippen molar-refractivity contribution in [2.45, 2.75) is 13.0 Å². The van der Waals surface area contributed by atoms with Crippen molar-refractivity contribution < 1.29 is 15.0 Å². The van der Waals surface area contributed by atoms with Crippen LogP contribution < -0.4 is 5.73 Å². The molecule has 0 spiro atoms. The lowest BCUT2D eigenvalue weighted by molar-refractivity contribution is 0.0734. The summed E-state index contributed by atoms with van der Waals surface area (Å²) in [6, 6.07) is 9.66. The summed E-state index contributed by atoms with van der Waals surface area (Å²) in [5.41, 5.74) is 9.06. The van der Waals surface area contributed by atoms with Gasteiger partial charge in [-0.15, -0.1) is 0 Å². The zero-order valence-corrected chi connectivity index (χ0v) is 11.4. The van der Waals surface area contributed by atoms with Crippen molar-refractivity contribution in [3.63, 3.8) is 0 Å². The number of phenolic OH excluding ortho intramolecular Hbond substituents is 2. The average molecular weight is 284 g/mol. The molecule has 0 fully saturated rings. The second kappa shape index (κ2) is 5.01. The maximum absolute atomic E-state index is 12.5. The van der Waals surface area contributed by atoms with Crippen molar-refractivity contribution >= 4 is 11.6 Å². The van der Waals surface area contributed by atoms with Gasteiger partial charge in [0.15, 0.2) is 0 Å². The van der Waals surface area contributed by atoms with E-state index in [0.29, 0.717) is 18.8 Å². The highest BCUT2D eigenvalue weighted by Crippen LogP contribution is 2.27. The number of hydrogen-bond acceptors (Lipinski definition) is 4. The van der Waals surface area contributed by atoms with E-state index in [1.54, 1.807) is 4.90 Å². The van der Waals surface area contributed by atoms with Gasteiger partial charge in [-0.1, -0.05) is 12.1 Å². The molecule has 1 aliphatic heterocycles. The summed E-state index contributed by atoms with van der Waals surface area (Å²) in [5, 5.41) is 19.0. The van der Waals surface area contributed by atoms with Crippen molar-refractivity contribution in [3.05, 3.63) is 53.1 Å². The third-order valence-electron chi connectivity index (χ3n) is 3.75. The molecule has 4 N–H and O–H groups in total. The maximum Gasteiger partial charge on any atom is 0.254 e. The number of nitrogens with two attached hydrogens (primary N) is 1. The van der Waals surface area contributed by atoms with Gasteiger partial charge in [0.05, 0.1) is 0 Å². The highest BCUT2D eigenvalue weighted by atomic mass is 16.3. The Morgan fingerprint density at radius 1 is 1.14 bits per heavy atom. The SMILES string of the molecule is Nc1cccc2c1CN(C(=O)c1cc(O)cc(O)c1)CC2. The molecule has 2 aromatic rings. The first-order chi connectivity index (χ1) is 10.0. The molecule has 1 heterocycles. The molecule has 5 nitrogen and oxygen atoms in total. The number of anilines is 1. The van der Waals surface area contributed by atoms with E-state index in [2.05, 4.69) is 0 Å². The van der Waals surface area contributed by atoms with E-state index in [4.69, 9.17) is 5.73 Å². The number of nitrogens with zero attached hydrogens (tertiary/aromatic N) is 1. The van der Waals surface area contributed by atoms with Crippen LogP contribution in [0.4, 0.5) is 5.69 Å². The molecular weight excluding hydrogens is 268 g/mol. The van der Waals surface area contributed by atoms with Gasteiger partial charge >= 0.3 is 0 Å². The third-order valence-corrected chi connectivity index (χ3v) is 3.75. The van der Waals surface area contributed by atoms with Crippen LogP contribution in [0.25, 0.3) is 0 Å². The van der Waals surface area contributed by atoms with E-state index >= 15 is 0 Å². The van der Waals surface area contributed by atoms with Gasteiger partial charge in [-0.05, 0) is 35.7 Å². The molecule has 0 bridgehead atoms. The first-order valence-electron chi connectivity index (χ1n) is 6.73. The number of rotatable bonds is 1. The number of amides is 1. The lowest BCUT2D eigenvalue weighted by atomic mass is 9.97. The molecular formula is C16H16N2O3. The van der Waals surface area contributed by atoms with Gasteiger partial charge in [0.25, 0.3) is 5.91 Å². The summed E-state index contributed by atoms with van der Waals surface area (Å²) in [7, 11) is 0. The Labute approximate surface area is 122 Å². The Hall–Kier alpha value is -2.69. The standard InChI is InChI=1S/C16H16N2O3/c17-15-3-1-2-10-4-5-18(9-14(10)15)16(21)11-6-12(19)8-13(20)7-11/h1-3,6-8,19-20H,4-5,9,17H2. The second-order valence-electron chi connectivity index (χ2n) is 5.20. The predicted molar refractivity (Wildman–Crippen MR) is 79.1 cm³/mol. The van der Waals surface area contributed by atoms with Crippen molar-refractivity contribution in [3.8, 4) is 11.5 Å². The van der Waals surface area contributed by atoms with Crippen molar-refractivity contribution in [2.75, 3.05) is 12.3 Å². The fraction of sp³-hybridized carbons (Fsp3) is 0.188. The van der Waals surface area contributed by atoms with Gasteiger partial charge in [0.1, 0.15) is 11.5 Å². The van der Waals surface area contributed by atoms with Crippen LogP contribution in [0.2, 0.25) is 0 Å². The average Bonchev–Trinajstić information content (AvgIpc) is 2.45. The monoisotopic (exact) mass is 284 g/mol. The largest absolute Gasteiger partial charge is 0.508 e. The van der Waals surface area contributed by atoms with Gasteiger partial charge in [-0.3, -0.25) is 4.79 Å². The molecule has 0 atom stereocenters. The summed E-state index contributed by atoms with van der Waals surface area (Å²) in [5.74, 6) is -0.486. The Balaban J connectivity index is 1.89. The number of fused-ring (bicyclic) bond motifs is 1. The summed E-state index contributed by atoms with van der Waals surface area (Å²) >= 11 is 0. The third kappa shape index (κ3) is 2.50. The summed E-state index contributed by atoms with van der Waals surface area (Å²) < 4.78 is 0. The van der Waals surface area contributed by atoms with Crippen LogP contribution in [0.15, 0.2) is 36.4 Å². The quantitative estimate of drug-likeness (QED) is 0.698. The van der Waals surface area contributed by atoms with Crippen LogP contribution in [-0.2, 0) is 13.0 Å². The molecule has 1 amide bonds. The Morgan fingerprint density at radius 2 is 1.86 bits per heavy atom. The molecule has 2 aromatic carbocycles. The Bertz CT molecular complexity index is 692. The van der Waals surface area contributed by atoms with Crippen LogP contribution in [0.1, 0.15) is 21.5 Å². The lowest BCUT2D eigenvalue weighted by Gasteiger charge is -2.29. The van der Waals surface area contributed by atoms with Crippen molar-refractivity contribution in [2.24, 2.45) is 0 Å². The van der Waals surface area contributed by atoms with E-state index in [1.807, 2.05) is 18.2 Å². The molecule has 3 rings (SSSR count). The van der Waals surface area contributed by atoms with Crippen LogP contribution in [0.5, 0.6) is 11.5 Å². The molecule has 0 saturated carbocycles. The smallest absolute Gasteiger partial charge is 0.254 e. The molecule has 0 aliphatic carbocycles. The molecule has 5 heteroatoms. The van der Waals surface area contributed by atoms with Crippen molar-refractivity contribution in [1.82, 2.24) is 4.90 Å². The van der Waals surface area contributed by atoms with Crippen LogP contribution in [0.3, 0.4) is 0 Å². The molecule has 0 radical (unpaired) electrons. The minimum Gasteiger partial charge on any atom is -0.508 e. The number of aromatic hydroxyl groups is 2. The first kappa shape index (κ1) is 13.3. The van der Waals surface area contributed by atoms with Gasteiger partial charge < -0.3 is 20.8 Å². The van der Waals surface area contributed by atoms with Gasteiger partial charge in [0.2, 0.25) is 0 Å². The van der Waals surface area contributed by atoms with Gasteiger partial charge in [-0.2, -0.15) is 0 Å². The lowest BCUT2D eigenvalue weighted by Crippen LogP contribution is -2.36. The number of benzene rings is 2. The van der Waals surface area contributed by atoms with Crippen molar-refractivity contribution in [1.29, 1.82) is 0 Å². The Morgan fingerprint density at radius 3 is 2.57 bits per heavy atom. The van der Waals surface area contributed by atoms with E-state index in [9.17, 15) is 15.0 Å². The molecule has 0 unspecified atom stereocenters. The number of carbonyl (C=O) groups excluding carboxylic acids is 1. The van der Waals surface area contributed by atoms with Crippen LogP contribution >= 0.6 is 0 Å². The minimum atomic E-state index is -0.227. The molecule has 0 aromatic heterocycles. The normalized spacial score (nSPS) is 13.8. The van der Waals surface area contributed by atoms with Crippen LogP contribution in [-0.4, -0.2) is 27.6 Å². The van der Waals surface area contributed by atoms with E-state index in [1.165, 1.54) is 18.2 Å². The van der Waals surface area contributed by atoms with Crippen LogP contribution in [0, 0.1) is 0 Å². The topological polar surface area (TPSA) is 86.8 Å². The van der Waals surface area contributed by atoms with E-state index in [0.717, 1.165) is 17.5 Å². The zero-order valence-electron chi connectivity index (χ0n) is 11.4. The maximum atomic E-state index is 12.5. The van der Waals surface area contributed by atoms with Gasteiger partial charge in [0, 0.05) is 30.4 Å². The first-order valence-corrected chi connectivity index (χ1v) is 6.73. The number of phenols is 2. The molecule has 1 aliphatic rings. The predicted octanol–water partition coefficient (Wildman–Crippen LogP) is 1.88.